The van der Waals surface area contributed by atoms with Crippen molar-refractivity contribution in [3.63, 3.8) is 0 Å². The Morgan fingerprint density at radius 3 is 2.03 bits per heavy atom. The van der Waals surface area contributed by atoms with Crippen LogP contribution in [0.1, 0.15) is 35.1 Å². The number of fused-ring (bicyclic) bond motifs is 1. The third-order valence-corrected chi connectivity index (χ3v) is 7.28. The molecule has 194 valence electrons. The summed E-state index contributed by atoms with van der Waals surface area (Å²) in [6, 6.07) is 24.0. The molecule has 0 spiro atoms. The highest BCUT2D eigenvalue weighted by atomic mass is 35.5. The van der Waals surface area contributed by atoms with Gasteiger partial charge in [-0.05, 0) is 90.8 Å². The van der Waals surface area contributed by atoms with E-state index in [1.54, 1.807) is 7.11 Å². The molecular formula is C30H38Cl2N2O2. The van der Waals surface area contributed by atoms with Crippen molar-refractivity contribution in [1.29, 1.82) is 0 Å². The Labute approximate surface area is 228 Å². The topological polar surface area (TPSA) is 24.9 Å². The molecule has 0 saturated carbocycles. The third kappa shape index (κ3) is 7.32. The molecule has 0 amide bonds. The fourth-order valence-corrected chi connectivity index (χ4v) is 5.08. The van der Waals surface area contributed by atoms with E-state index in [0.29, 0.717) is 6.61 Å². The molecule has 1 aliphatic heterocycles. The van der Waals surface area contributed by atoms with Gasteiger partial charge in [-0.15, -0.1) is 24.8 Å². The van der Waals surface area contributed by atoms with E-state index >= 15 is 0 Å². The molecule has 1 saturated heterocycles. The van der Waals surface area contributed by atoms with Crippen molar-refractivity contribution < 1.29 is 9.47 Å². The first-order valence-corrected chi connectivity index (χ1v) is 12.7. The van der Waals surface area contributed by atoms with Crippen LogP contribution in [-0.4, -0.2) is 44.7 Å². The lowest BCUT2D eigenvalue weighted by Crippen LogP contribution is -2.46. The minimum atomic E-state index is 0. The van der Waals surface area contributed by atoms with Crippen LogP contribution in [0.2, 0.25) is 0 Å². The zero-order valence-corrected chi connectivity index (χ0v) is 22.8. The number of methoxy groups -OCH3 is 1. The Balaban J connectivity index is 0.00000180. The molecule has 0 radical (unpaired) electrons. The van der Waals surface area contributed by atoms with E-state index in [9.17, 15) is 0 Å². The molecule has 36 heavy (non-hydrogen) atoms. The minimum absolute atomic E-state index is 0. The highest BCUT2D eigenvalue weighted by molar-refractivity contribution is 5.85. The molecule has 1 heterocycles. The second-order valence-electron chi connectivity index (χ2n) is 9.52. The van der Waals surface area contributed by atoms with Crippen LogP contribution in [0.25, 0.3) is 0 Å². The summed E-state index contributed by atoms with van der Waals surface area (Å²) < 4.78 is 11.4. The quantitative estimate of drug-likeness (QED) is 0.339. The summed E-state index contributed by atoms with van der Waals surface area (Å²) >= 11 is 0. The Morgan fingerprint density at radius 2 is 1.33 bits per heavy atom. The molecule has 0 N–H and O–H groups in total. The predicted molar refractivity (Wildman–Crippen MR) is 154 cm³/mol. The number of halogens is 2. The van der Waals surface area contributed by atoms with Gasteiger partial charge >= 0.3 is 0 Å². The normalized spacial score (nSPS) is 15.3. The van der Waals surface area contributed by atoms with Crippen LogP contribution in [-0.2, 0) is 25.9 Å². The maximum absolute atomic E-state index is 6.09. The molecule has 1 aliphatic carbocycles. The molecule has 0 atom stereocenters. The fraction of sp³-hybridized carbons (Fsp3) is 0.400. The first-order chi connectivity index (χ1) is 16.8. The maximum Gasteiger partial charge on any atom is 0.120 e. The summed E-state index contributed by atoms with van der Waals surface area (Å²) in [4.78, 5) is 5.04. The molecule has 2 aliphatic rings. The maximum atomic E-state index is 6.09. The molecule has 5 rings (SSSR count). The number of ether oxygens (including phenoxy) is 2. The monoisotopic (exact) mass is 528 g/mol. The summed E-state index contributed by atoms with van der Waals surface area (Å²) in [5.41, 5.74) is 6.90. The van der Waals surface area contributed by atoms with E-state index in [2.05, 4.69) is 64.4 Å². The average molecular weight is 530 g/mol. The highest BCUT2D eigenvalue weighted by Gasteiger charge is 2.17. The van der Waals surface area contributed by atoms with Crippen molar-refractivity contribution in [3.05, 3.63) is 89.0 Å². The lowest BCUT2D eigenvalue weighted by Gasteiger charge is -2.36. The van der Waals surface area contributed by atoms with Gasteiger partial charge in [0.1, 0.15) is 18.1 Å². The second kappa shape index (κ2) is 13.8. The van der Waals surface area contributed by atoms with Crippen LogP contribution >= 0.6 is 24.8 Å². The van der Waals surface area contributed by atoms with Crippen molar-refractivity contribution >= 4 is 30.5 Å². The van der Waals surface area contributed by atoms with E-state index in [1.165, 1.54) is 53.6 Å². The van der Waals surface area contributed by atoms with Crippen molar-refractivity contribution in [2.45, 2.75) is 38.7 Å². The molecular weight excluding hydrogens is 491 g/mol. The van der Waals surface area contributed by atoms with Crippen molar-refractivity contribution in [3.8, 4) is 11.5 Å². The lowest BCUT2D eigenvalue weighted by atomic mass is 9.92. The number of aryl methyl sites for hydroxylation is 2. The van der Waals surface area contributed by atoms with Gasteiger partial charge in [-0.1, -0.05) is 30.3 Å². The van der Waals surface area contributed by atoms with Crippen LogP contribution in [0, 0.1) is 0 Å². The smallest absolute Gasteiger partial charge is 0.120 e. The first-order valence-electron chi connectivity index (χ1n) is 12.7. The van der Waals surface area contributed by atoms with Gasteiger partial charge in [-0.3, -0.25) is 4.90 Å². The molecule has 4 nitrogen and oxygen atoms in total. The number of hydrogen-bond donors (Lipinski definition) is 0. The largest absolute Gasteiger partial charge is 0.497 e. The highest BCUT2D eigenvalue weighted by Crippen LogP contribution is 2.26. The second-order valence-corrected chi connectivity index (χ2v) is 9.52. The third-order valence-electron chi connectivity index (χ3n) is 7.28. The molecule has 0 aromatic heterocycles. The Morgan fingerprint density at radius 1 is 0.694 bits per heavy atom. The number of benzene rings is 3. The Kier molecular flexibility index (Phi) is 10.8. The van der Waals surface area contributed by atoms with E-state index in [4.69, 9.17) is 9.47 Å². The lowest BCUT2D eigenvalue weighted by molar-refractivity contribution is 0.261. The first kappa shape index (κ1) is 28.2. The number of nitrogens with zero attached hydrogens (tertiary/aromatic N) is 2. The number of hydrogen-bond acceptors (Lipinski definition) is 4. The van der Waals surface area contributed by atoms with Gasteiger partial charge in [-0.25, -0.2) is 0 Å². The van der Waals surface area contributed by atoms with E-state index in [1.807, 2.05) is 12.1 Å². The molecule has 0 bridgehead atoms. The average Bonchev–Trinajstić information content (AvgIpc) is 2.91. The molecule has 6 heteroatoms. The van der Waals surface area contributed by atoms with Crippen molar-refractivity contribution in [2.24, 2.45) is 0 Å². The molecule has 0 unspecified atom stereocenters. The van der Waals surface area contributed by atoms with Gasteiger partial charge in [0, 0.05) is 38.4 Å². The molecule has 3 aromatic carbocycles. The number of piperazine rings is 1. The van der Waals surface area contributed by atoms with Gasteiger partial charge in [0.05, 0.1) is 7.11 Å². The predicted octanol–water partition coefficient (Wildman–Crippen LogP) is 6.36. The van der Waals surface area contributed by atoms with Gasteiger partial charge < -0.3 is 14.4 Å². The van der Waals surface area contributed by atoms with E-state index in [-0.39, 0.29) is 24.8 Å². The summed E-state index contributed by atoms with van der Waals surface area (Å²) in [6.45, 7) is 6.11. The summed E-state index contributed by atoms with van der Waals surface area (Å²) in [5, 5.41) is 0. The summed E-state index contributed by atoms with van der Waals surface area (Å²) in [6.07, 6.45) is 6.12. The van der Waals surface area contributed by atoms with E-state index in [0.717, 1.165) is 50.6 Å². The number of rotatable bonds is 8. The van der Waals surface area contributed by atoms with Crippen LogP contribution < -0.4 is 14.4 Å². The Bertz CT molecular complexity index is 1070. The molecule has 3 aromatic rings. The zero-order valence-electron chi connectivity index (χ0n) is 21.2. The minimum Gasteiger partial charge on any atom is -0.497 e. The SMILES string of the molecule is COc1ccc(N2CCN(CCc3ccc(COc4ccc5c(c4)CCCC5)cc3)CC2)cc1.Cl.Cl. The van der Waals surface area contributed by atoms with Crippen LogP contribution in [0.3, 0.4) is 0 Å². The van der Waals surface area contributed by atoms with E-state index < -0.39 is 0 Å². The standard InChI is InChI=1S/C30H36N2O2.2ClH/c1-33-29-14-11-28(12-15-29)32-20-18-31(19-21-32)17-16-24-6-8-25(9-7-24)23-34-30-13-10-26-4-2-3-5-27(26)22-30;;/h6-15,22H,2-5,16-21,23H2,1H3;2*1H. The van der Waals surface area contributed by atoms with Gasteiger partial charge in [0.15, 0.2) is 0 Å². The van der Waals surface area contributed by atoms with Crippen LogP contribution in [0.4, 0.5) is 5.69 Å². The van der Waals surface area contributed by atoms with Gasteiger partial charge in [0.2, 0.25) is 0 Å². The number of anilines is 1. The van der Waals surface area contributed by atoms with Crippen molar-refractivity contribution in [2.75, 3.05) is 44.7 Å². The van der Waals surface area contributed by atoms with Crippen LogP contribution in [0.5, 0.6) is 11.5 Å². The van der Waals surface area contributed by atoms with Crippen molar-refractivity contribution in [1.82, 2.24) is 4.90 Å². The summed E-state index contributed by atoms with van der Waals surface area (Å²) in [5.74, 6) is 1.91. The van der Waals surface area contributed by atoms with Gasteiger partial charge in [0.25, 0.3) is 0 Å². The summed E-state index contributed by atoms with van der Waals surface area (Å²) in [7, 11) is 1.71. The van der Waals surface area contributed by atoms with Gasteiger partial charge in [-0.2, -0.15) is 0 Å². The Hall–Kier alpha value is -2.40. The zero-order chi connectivity index (χ0) is 23.2. The van der Waals surface area contributed by atoms with Crippen LogP contribution in [0.15, 0.2) is 66.7 Å². The molecule has 1 fully saturated rings. The fourth-order valence-electron chi connectivity index (χ4n) is 5.08.